The number of aryl methyl sites for hydroxylation is 1. The molecule has 1 heterocycles. The Labute approximate surface area is 116 Å². The van der Waals surface area contributed by atoms with Crippen LogP contribution in [0, 0.1) is 6.92 Å². The molecule has 0 saturated carbocycles. The van der Waals surface area contributed by atoms with Crippen molar-refractivity contribution in [3.05, 3.63) is 53.6 Å². The Balaban J connectivity index is 2.24. The molecule has 1 aliphatic rings. The largest absolute Gasteiger partial charge is 0.364 e. The first-order valence-corrected chi connectivity index (χ1v) is 6.38. The molecule has 1 aliphatic heterocycles. The normalized spacial score (nSPS) is 17.3. The average Bonchev–Trinajstić information content (AvgIpc) is 2.60. The van der Waals surface area contributed by atoms with Gasteiger partial charge in [-0.3, -0.25) is 9.79 Å². The van der Waals surface area contributed by atoms with Crippen LogP contribution in [0.15, 0.2) is 47.5 Å². The first-order valence-electron chi connectivity index (χ1n) is 6.38. The van der Waals surface area contributed by atoms with Crippen LogP contribution < -0.4 is 5.32 Å². The number of hydrogen-bond acceptors (Lipinski definition) is 3. The Morgan fingerprint density at radius 3 is 2.65 bits per heavy atom. The van der Waals surface area contributed by atoms with Gasteiger partial charge in [0.1, 0.15) is 0 Å². The minimum Gasteiger partial charge on any atom is -0.364 e. The number of carbonyl (C=O) groups is 1. The Kier molecular flexibility index (Phi) is 3.08. The Hall–Kier alpha value is -2.46. The zero-order valence-electron chi connectivity index (χ0n) is 11.0. The fraction of sp³-hybridized carbons (Fsp3) is 0.125. The van der Waals surface area contributed by atoms with Gasteiger partial charge in [-0.15, -0.1) is 0 Å². The van der Waals surface area contributed by atoms with Gasteiger partial charge >= 0.3 is 0 Å². The number of nitrogens with one attached hydrogen (secondary N) is 1. The molecule has 0 saturated heterocycles. The van der Waals surface area contributed by atoms with Gasteiger partial charge in [0.15, 0.2) is 0 Å². The van der Waals surface area contributed by atoms with E-state index in [0.717, 1.165) is 22.3 Å². The van der Waals surface area contributed by atoms with Crippen LogP contribution in [0.3, 0.4) is 0 Å². The quantitative estimate of drug-likeness (QED) is 0.832. The van der Waals surface area contributed by atoms with Crippen LogP contribution in [0.2, 0.25) is 0 Å². The molecule has 2 N–H and O–H groups in total. The molecule has 1 amide bonds. The van der Waals surface area contributed by atoms with Gasteiger partial charge in [0, 0.05) is 11.8 Å². The second-order valence-electron chi connectivity index (χ2n) is 4.73. The van der Waals surface area contributed by atoms with Crippen LogP contribution in [-0.2, 0) is 4.79 Å². The molecule has 1 atom stereocenters. The molecule has 0 fully saturated rings. The van der Waals surface area contributed by atoms with Gasteiger partial charge < -0.3 is 10.4 Å². The van der Waals surface area contributed by atoms with E-state index in [2.05, 4.69) is 10.3 Å². The molecule has 4 heteroatoms. The van der Waals surface area contributed by atoms with Crippen LogP contribution in [-0.4, -0.2) is 23.5 Å². The number of amides is 1. The number of aliphatic imine (C=N–C) groups is 1. The highest BCUT2D eigenvalue weighted by atomic mass is 16.3. The predicted octanol–water partition coefficient (Wildman–Crippen LogP) is 2.35. The lowest BCUT2D eigenvalue weighted by molar-refractivity contribution is -0.123. The van der Waals surface area contributed by atoms with Gasteiger partial charge in [-0.1, -0.05) is 36.4 Å². The van der Waals surface area contributed by atoms with E-state index in [1.807, 2.05) is 49.4 Å². The van der Waals surface area contributed by atoms with Crippen LogP contribution in [0.25, 0.3) is 11.1 Å². The zero-order valence-corrected chi connectivity index (χ0v) is 11.0. The van der Waals surface area contributed by atoms with E-state index in [4.69, 9.17) is 0 Å². The number of rotatable bonds is 1. The molecule has 0 bridgehead atoms. The van der Waals surface area contributed by atoms with Crippen molar-refractivity contribution in [1.29, 1.82) is 0 Å². The summed E-state index contributed by atoms with van der Waals surface area (Å²) in [7, 11) is 0. The summed E-state index contributed by atoms with van der Waals surface area (Å²) < 4.78 is 0. The second-order valence-corrected chi connectivity index (χ2v) is 4.73. The van der Waals surface area contributed by atoms with Crippen molar-refractivity contribution in [2.75, 3.05) is 5.32 Å². The summed E-state index contributed by atoms with van der Waals surface area (Å²) in [5.41, 5.74) is 4.65. The van der Waals surface area contributed by atoms with Crippen LogP contribution in [0.1, 0.15) is 11.1 Å². The standard InChI is InChI=1S/C16H14N2O2/c1-10-7-8-13-12(9-17-15(19)16(20)18-13)14(10)11-5-3-2-4-6-11/h2-9,15,19H,1H3,(H,18,20). The first kappa shape index (κ1) is 12.6. The van der Waals surface area contributed by atoms with Crippen LogP contribution >= 0.6 is 0 Å². The van der Waals surface area contributed by atoms with Gasteiger partial charge in [0.2, 0.25) is 6.23 Å². The molecule has 1 unspecified atom stereocenters. The number of anilines is 1. The number of nitrogens with zero attached hydrogens (tertiary/aromatic N) is 1. The van der Waals surface area contributed by atoms with Crippen molar-refractivity contribution in [3.8, 4) is 11.1 Å². The summed E-state index contributed by atoms with van der Waals surface area (Å²) in [6, 6.07) is 13.7. The lowest BCUT2D eigenvalue weighted by Gasteiger charge is -2.14. The van der Waals surface area contributed by atoms with E-state index < -0.39 is 12.1 Å². The molecule has 0 aliphatic carbocycles. The van der Waals surface area contributed by atoms with Crippen molar-refractivity contribution >= 4 is 17.8 Å². The topological polar surface area (TPSA) is 61.7 Å². The Bertz CT molecular complexity index is 693. The summed E-state index contributed by atoms with van der Waals surface area (Å²) in [6.07, 6.45) is 0.207. The molecule has 2 aromatic rings. The summed E-state index contributed by atoms with van der Waals surface area (Å²) >= 11 is 0. The molecular weight excluding hydrogens is 252 g/mol. The highest BCUT2D eigenvalue weighted by molar-refractivity contribution is 6.06. The number of benzene rings is 2. The molecule has 20 heavy (non-hydrogen) atoms. The number of fused-ring (bicyclic) bond motifs is 1. The molecule has 3 rings (SSSR count). The molecule has 4 nitrogen and oxygen atoms in total. The third-order valence-electron chi connectivity index (χ3n) is 3.35. The summed E-state index contributed by atoms with van der Waals surface area (Å²) in [6.45, 7) is 2.01. The minimum atomic E-state index is -1.36. The summed E-state index contributed by atoms with van der Waals surface area (Å²) in [4.78, 5) is 15.5. The van der Waals surface area contributed by atoms with Gasteiger partial charge in [-0.2, -0.15) is 0 Å². The van der Waals surface area contributed by atoms with Crippen molar-refractivity contribution in [2.45, 2.75) is 13.2 Å². The number of hydrogen-bond donors (Lipinski definition) is 2. The monoisotopic (exact) mass is 266 g/mol. The van der Waals surface area contributed by atoms with Crippen molar-refractivity contribution in [2.24, 2.45) is 4.99 Å². The highest BCUT2D eigenvalue weighted by Gasteiger charge is 2.20. The van der Waals surface area contributed by atoms with E-state index in [0.29, 0.717) is 5.69 Å². The predicted molar refractivity (Wildman–Crippen MR) is 78.8 cm³/mol. The summed E-state index contributed by atoms with van der Waals surface area (Å²) in [5, 5.41) is 12.2. The third-order valence-corrected chi connectivity index (χ3v) is 3.35. The first-order chi connectivity index (χ1) is 9.66. The molecule has 100 valence electrons. The van der Waals surface area contributed by atoms with Crippen molar-refractivity contribution in [3.63, 3.8) is 0 Å². The zero-order chi connectivity index (χ0) is 14.1. The number of aliphatic hydroxyl groups is 1. The molecule has 0 spiro atoms. The van der Waals surface area contributed by atoms with E-state index in [-0.39, 0.29) is 0 Å². The van der Waals surface area contributed by atoms with Gasteiger partial charge in [0.25, 0.3) is 5.91 Å². The maximum absolute atomic E-state index is 11.6. The van der Waals surface area contributed by atoms with E-state index in [1.54, 1.807) is 6.21 Å². The van der Waals surface area contributed by atoms with E-state index in [9.17, 15) is 9.90 Å². The SMILES string of the molecule is Cc1ccc2c(c1-c1ccccc1)C=NC(O)C(=O)N2. The summed E-state index contributed by atoms with van der Waals surface area (Å²) in [5.74, 6) is -0.511. The third kappa shape index (κ3) is 2.10. The molecular formula is C16H14N2O2. The molecule has 0 aromatic heterocycles. The van der Waals surface area contributed by atoms with Crippen molar-refractivity contribution < 1.29 is 9.90 Å². The highest BCUT2D eigenvalue weighted by Crippen LogP contribution is 2.32. The van der Waals surface area contributed by atoms with Crippen LogP contribution in [0.4, 0.5) is 5.69 Å². The van der Waals surface area contributed by atoms with Gasteiger partial charge in [-0.05, 0) is 29.7 Å². The van der Waals surface area contributed by atoms with Crippen molar-refractivity contribution in [1.82, 2.24) is 0 Å². The Morgan fingerprint density at radius 1 is 1.15 bits per heavy atom. The molecule has 0 radical (unpaired) electrons. The Morgan fingerprint density at radius 2 is 1.90 bits per heavy atom. The minimum absolute atomic E-state index is 0.511. The fourth-order valence-electron chi connectivity index (χ4n) is 2.37. The maximum Gasteiger partial charge on any atom is 0.276 e. The van der Waals surface area contributed by atoms with Crippen LogP contribution in [0.5, 0.6) is 0 Å². The number of benzodiazepines with no additional fused rings is 1. The van der Waals surface area contributed by atoms with Gasteiger partial charge in [-0.25, -0.2) is 0 Å². The fourth-order valence-corrected chi connectivity index (χ4v) is 2.37. The number of aliphatic hydroxyl groups excluding tert-OH is 1. The van der Waals surface area contributed by atoms with Gasteiger partial charge in [0.05, 0.1) is 5.69 Å². The second kappa shape index (κ2) is 4.90. The molecule has 2 aromatic carbocycles. The average molecular weight is 266 g/mol. The maximum atomic E-state index is 11.6. The van der Waals surface area contributed by atoms with E-state index >= 15 is 0 Å². The number of carbonyl (C=O) groups excluding carboxylic acids is 1. The van der Waals surface area contributed by atoms with E-state index in [1.165, 1.54) is 0 Å². The lowest BCUT2D eigenvalue weighted by Crippen LogP contribution is -2.24. The lowest BCUT2D eigenvalue weighted by atomic mass is 9.94. The smallest absolute Gasteiger partial charge is 0.276 e.